The molecule has 3 aliphatic heterocycles. The smallest absolute Gasteiger partial charge is 0.312 e. The lowest BCUT2D eigenvalue weighted by Gasteiger charge is -2.36. The fraction of sp³-hybridized carbons (Fsp3) is 0.593. The predicted octanol–water partition coefficient (Wildman–Crippen LogP) is 3.35. The fourth-order valence-electron chi connectivity index (χ4n) is 6.15. The summed E-state index contributed by atoms with van der Waals surface area (Å²) >= 11 is 6.07. The van der Waals surface area contributed by atoms with E-state index >= 15 is 0 Å². The number of halogens is 1. The average molecular weight is 519 g/mol. The van der Waals surface area contributed by atoms with Crippen LogP contribution in [0, 0.1) is 11.8 Å². The third-order valence-electron chi connectivity index (χ3n) is 7.62. The first-order valence-electron chi connectivity index (χ1n) is 12.8. The molecule has 3 heterocycles. The highest BCUT2D eigenvalue weighted by Gasteiger charge is 2.75. The molecule has 0 radical (unpaired) electrons. The van der Waals surface area contributed by atoms with Gasteiger partial charge in [0.2, 0.25) is 5.91 Å². The van der Waals surface area contributed by atoms with Crippen molar-refractivity contribution in [1.82, 2.24) is 4.90 Å². The molecule has 2 bridgehead atoms. The van der Waals surface area contributed by atoms with Gasteiger partial charge in [-0.15, -0.1) is 6.58 Å². The molecule has 8 nitrogen and oxygen atoms in total. The van der Waals surface area contributed by atoms with E-state index < -0.39 is 35.6 Å². The standard InChI is InChI=1S/C27H35ClN2O6/c1-3-15-29(19-11-9-18(28)10-12-19)25(33)23-27-14-13-20(36-27)21(26(34)35-4-2)22(27)24(32)30(23)16-7-5-6-8-17-31/h3,9-12,20-23,31H,1,4-8,13-17H2,2H3/t20-,21+,22+,23-,27+/m0/s1. The maximum absolute atomic E-state index is 14.3. The number of carbonyl (C=O) groups excluding carboxylic acids is 3. The normalized spacial score (nSPS) is 28.3. The molecule has 4 rings (SSSR count). The van der Waals surface area contributed by atoms with E-state index in [0.717, 1.165) is 12.8 Å². The number of nitrogens with zero attached hydrogens (tertiary/aromatic N) is 2. The minimum atomic E-state index is -1.06. The monoisotopic (exact) mass is 518 g/mol. The van der Waals surface area contributed by atoms with E-state index in [0.29, 0.717) is 42.9 Å². The number of rotatable bonds is 12. The zero-order chi connectivity index (χ0) is 25.9. The van der Waals surface area contributed by atoms with Crippen molar-refractivity contribution >= 4 is 35.1 Å². The number of hydrogen-bond donors (Lipinski definition) is 1. The van der Waals surface area contributed by atoms with E-state index in [1.54, 1.807) is 47.1 Å². The van der Waals surface area contributed by atoms with Crippen molar-refractivity contribution in [3.63, 3.8) is 0 Å². The first-order valence-corrected chi connectivity index (χ1v) is 13.2. The number of anilines is 1. The molecule has 5 atom stereocenters. The number of unbranched alkanes of at least 4 members (excludes halogenated alkanes) is 3. The zero-order valence-corrected chi connectivity index (χ0v) is 21.5. The molecular formula is C27H35ClN2O6. The van der Waals surface area contributed by atoms with E-state index in [9.17, 15) is 14.4 Å². The summed E-state index contributed by atoms with van der Waals surface area (Å²) in [5.74, 6) is -2.35. The van der Waals surface area contributed by atoms with Gasteiger partial charge in [-0.25, -0.2) is 0 Å². The van der Waals surface area contributed by atoms with Gasteiger partial charge in [0.15, 0.2) is 0 Å². The van der Waals surface area contributed by atoms with Crippen LogP contribution in [0.5, 0.6) is 0 Å². The molecule has 0 aromatic heterocycles. The van der Waals surface area contributed by atoms with E-state index in [2.05, 4.69) is 6.58 Å². The Balaban J connectivity index is 1.69. The Morgan fingerprint density at radius 1 is 1.28 bits per heavy atom. The van der Waals surface area contributed by atoms with Gasteiger partial charge in [0, 0.05) is 30.4 Å². The van der Waals surface area contributed by atoms with Gasteiger partial charge in [0.25, 0.3) is 5.91 Å². The van der Waals surface area contributed by atoms with Crippen LogP contribution in [0.1, 0.15) is 45.4 Å². The van der Waals surface area contributed by atoms with Crippen molar-refractivity contribution in [2.75, 3.05) is 31.2 Å². The van der Waals surface area contributed by atoms with Gasteiger partial charge < -0.3 is 24.4 Å². The Morgan fingerprint density at radius 3 is 2.67 bits per heavy atom. The van der Waals surface area contributed by atoms with Crippen molar-refractivity contribution in [1.29, 1.82) is 0 Å². The third kappa shape index (κ3) is 4.66. The van der Waals surface area contributed by atoms with Crippen molar-refractivity contribution in [2.45, 2.75) is 63.2 Å². The maximum atomic E-state index is 14.3. The minimum Gasteiger partial charge on any atom is -0.466 e. The molecule has 0 aliphatic carbocycles. The summed E-state index contributed by atoms with van der Waals surface area (Å²) in [6.07, 6.45) is 5.39. The molecule has 2 amide bonds. The highest BCUT2D eigenvalue weighted by atomic mass is 35.5. The van der Waals surface area contributed by atoms with Crippen LogP contribution in [0.15, 0.2) is 36.9 Å². The lowest BCUT2D eigenvalue weighted by Crippen LogP contribution is -2.56. The summed E-state index contributed by atoms with van der Waals surface area (Å²) in [6, 6.07) is 6.11. The van der Waals surface area contributed by atoms with Crippen molar-refractivity contribution in [2.24, 2.45) is 11.8 Å². The molecule has 0 unspecified atom stereocenters. The van der Waals surface area contributed by atoms with Crippen LogP contribution >= 0.6 is 11.6 Å². The second-order valence-corrected chi connectivity index (χ2v) is 10.1. The lowest BCUT2D eigenvalue weighted by molar-refractivity contribution is -0.154. The quantitative estimate of drug-likeness (QED) is 0.259. The first kappa shape index (κ1) is 26.6. The number of benzene rings is 1. The summed E-state index contributed by atoms with van der Waals surface area (Å²) in [6.45, 7) is 6.54. The van der Waals surface area contributed by atoms with Gasteiger partial charge in [0.1, 0.15) is 11.6 Å². The number of amides is 2. The van der Waals surface area contributed by atoms with Gasteiger partial charge in [-0.3, -0.25) is 14.4 Å². The predicted molar refractivity (Wildman–Crippen MR) is 136 cm³/mol. The number of carbonyl (C=O) groups is 3. The second kappa shape index (κ2) is 11.3. The van der Waals surface area contributed by atoms with Crippen LogP contribution in [-0.2, 0) is 23.9 Å². The van der Waals surface area contributed by atoms with E-state index in [1.165, 1.54) is 0 Å². The van der Waals surface area contributed by atoms with Crippen molar-refractivity contribution < 1.29 is 29.0 Å². The first-order chi connectivity index (χ1) is 17.4. The Hall–Kier alpha value is -2.42. The number of hydrogen-bond acceptors (Lipinski definition) is 6. The molecule has 3 fully saturated rings. The van der Waals surface area contributed by atoms with Crippen LogP contribution in [-0.4, -0.2) is 71.8 Å². The molecular weight excluding hydrogens is 484 g/mol. The molecule has 1 spiro atoms. The number of aliphatic hydroxyl groups is 1. The zero-order valence-electron chi connectivity index (χ0n) is 20.7. The van der Waals surface area contributed by atoms with Gasteiger partial charge in [-0.05, 0) is 56.9 Å². The average Bonchev–Trinajstić information content (AvgIpc) is 3.50. The summed E-state index contributed by atoms with van der Waals surface area (Å²) in [4.78, 5) is 44.3. The lowest BCUT2D eigenvalue weighted by atomic mass is 9.70. The van der Waals surface area contributed by atoms with Crippen molar-refractivity contribution in [3.05, 3.63) is 41.9 Å². The minimum absolute atomic E-state index is 0.128. The Labute approximate surface area is 217 Å². The van der Waals surface area contributed by atoms with Gasteiger partial charge in [-0.1, -0.05) is 30.5 Å². The number of esters is 1. The molecule has 3 aliphatic rings. The van der Waals surface area contributed by atoms with Crippen LogP contribution in [0.2, 0.25) is 5.02 Å². The second-order valence-electron chi connectivity index (χ2n) is 9.69. The maximum Gasteiger partial charge on any atom is 0.312 e. The van der Waals surface area contributed by atoms with Crippen LogP contribution in [0.4, 0.5) is 5.69 Å². The summed E-state index contributed by atoms with van der Waals surface area (Å²) in [5.41, 5.74) is -0.415. The topological polar surface area (TPSA) is 96.4 Å². The van der Waals surface area contributed by atoms with Gasteiger partial charge in [0.05, 0.1) is 24.5 Å². The van der Waals surface area contributed by atoms with Gasteiger partial charge >= 0.3 is 5.97 Å². The molecule has 1 N–H and O–H groups in total. The largest absolute Gasteiger partial charge is 0.466 e. The summed E-state index contributed by atoms with van der Waals surface area (Å²) in [7, 11) is 0. The van der Waals surface area contributed by atoms with Crippen LogP contribution < -0.4 is 4.90 Å². The number of fused-ring (bicyclic) bond motifs is 1. The SMILES string of the molecule is C=CCN(C(=O)[C@@H]1N(CCCCCCO)C(=O)[C@H]2[C@H](C(=O)OCC)[C@@H]3CC[C@]12O3)c1ccc(Cl)cc1. The Morgan fingerprint density at radius 2 is 2.00 bits per heavy atom. The van der Waals surface area contributed by atoms with E-state index in [-0.39, 0.29) is 31.6 Å². The van der Waals surface area contributed by atoms with E-state index in [1.807, 2.05) is 0 Å². The molecule has 9 heteroatoms. The summed E-state index contributed by atoms with van der Waals surface area (Å²) in [5, 5.41) is 9.64. The summed E-state index contributed by atoms with van der Waals surface area (Å²) < 4.78 is 11.8. The van der Waals surface area contributed by atoms with Crippen LogP contribution in [0.25, 0.3) is 0 Å². The van der Waals surface area contributed by atoms with Crippen molar-refractivity contribution in [3.8, 4) is 0 Å². The number of aliphatic hydroxyl groups excluding tert-OH is 1. The third-order valence-corrected chi connectivity index (χ3v) is 7.87. The van der Waals surface area contributed by atoms with Crippen LogP contribution in [0.3, 0.4) is 0 Å². The molecule has 1 aromatic rings. The molecule has 3 saturated heterocycles. The molecule has 0 saturated carbocycles. The highest BCUT2D eigenvalue weighted by Crippen LogP contribution is 2.59. The van der Waals surface area contributed by atoms with E-state index in [4.69, 9.17) is 26.2 Å². The Kier molecular flexibility index (Phi) is 8.37. The Bertz CT molecular complexity index is 985. The van der Waals surface area contributed by atoms with Gasteiger partial charge in [-0.2, -0.15) is 0 Å². The number of ether oxygens (including phenoxy) is 2. The molecule has 196 valence electrons. The number of likely N-dealkylation sites (tertiary alicyclic amines) is 1. The highest BCUT2D eigenvalue weighted by molar-refractivity contribution is 6.30. The fourth-order valence-corrected chi connectivity index (χ4v) is 6.27. The molecule has 1 aromatic carbocycles. The molecule has 36 heavy (non-hydrogen) atoms.